The number of pyridine rings is 1. The molecule has 0 unspecified atom stereocenters. The van der Waals surface area contributed by atoms with Crippen LogP contribution < -0.4 is 0 Å². The van der Waals surface area contributed by atoms with E-state index >= 15 is 0 Å². The average molecular weight is 293 g/mol. The first-order valence-electron chi connectivity index (χ1n) is 4.94. The number of imidazole rings is 1. The first kappa shape index (κ1) is 10.1. The van der Waals surface area contributed by atoms with Gasteiger partial charge in [-0.15, -0.1) is 11.3 Å². The second-order valence-electron chi connectivity index (χ2n) is 3.67. The standard InChI is InChI=1S/C12H9BrN2S/c1-8-4-5-9-11(13)14-12(15(9)7-8)10-3-2-6-16-10/h2-7H,1H3. The topological polar surface area (TPSA) is 17.3 Å². The van der Waals surface area contributed by atoms with Gasteiger partial charge in [-0.25, -0.2) is 4.98 Å². The number of rotatable bonds is 1. The molecule has 4 heteroatoms. The zero-order chi connectivity index (χ0) is 11.1. The average Bonchev–Trinajstić information content (AvgIpc) is 2.86. The van der Waals surface area contributed by atoms with Crippen LogP contribution in [0.15, 0.2) is 40.4 Å². The van der Waals surface area contributed by atoms with Crippen LogP contribution in [0.1, 0.15) is 5.56 Å². The smallest absolute Gasteiger partial charge is 0.156 e. The molecule has 2 nitrogen and oxygen atoms in total. The molecule has 0 atom stereocenters. The molecule has 3 heterocycles. The van der Waals surface area contributed by atoms with Gasteiger partial charge >= 0.3 is 0 Å². The SMILES string of the molecule is Cc1ccc2c(Br)nc(-c3cccs3)n2c1. The van der Waals surface area contributed by atoms with E-state index in [0.29, 0.717) is 0 Å². The molecule has 0 bridgehead atoms. The van der Waals surface area contributed by atoms with Gasteiger partial charge in [0.15, 0.2) is 5.82 Å². The number of hydrogen-bond donors (Lipinski definition) is 0. The Morgan fingerprint density at radius 2 is 2.19 bits per heavy atom. The van der Waals surface area contributed by atoms with Crippen molar-refractivity contribution in [2.75, 3.05) is 0 Å². The second kappa shape index (κ2) is 3.71. The van der Waals surface area contributed by atoms with Crippen molar-refractivity contribution >= 4 is 32.8 Å². The quantitative estimate of drug-likeness (QED) is 0.659. The van der Waals surface area contributed by atoms with Crippen LogP contribution in [0.4, 0.5) is 0 Å². The van der Waals surface area contributed by atoms with Crippen LogP contribution in [0.2, 0.25) is 0 Å². The monoisotopic (exact) mass is 292 g/mol. The number of thiophene rings is 1. The van der Waals surface area contributed by atoms with Crippen molar-refractivity contribution in [1.29, 1.82) is 0 Å². The zero-order valence-corrected chi connectivity index (χ0v) is 11.0. The summed E-state index contributed by atoms with van der Waals surface area (Å²) < 4.78 is 3.03. The van der Waals surface area contributed by atoms with Gasteiger partial charge in [0.05, 0.1) is 10.4 Å². The molecule has 0 radical (unpaired) electrons. The van der Waals surface area contributed by atoms with E-state index < -0.39 is 0 Å². The van der Waals surface area contributed by atoms with E-state index in [1.165, 1.54) is 10.4 Å². The van der Waals surface area contributed by atoms with E-state index in [-0.39, 0.29) is 0 Å². The minimum atomic E-state index is 0.899. The van der Waals surface area contributed by atoms with Crippen LogP contribution in [0.25, 0.3) is 16.2 Å². The van der Waals surface area contributed by atoms with E-state index in [0.717, 1.165) is 15.9 Å². The van der Waals surface area contributed by atoms with E-state index in [9.17, 15) is 0 Å². The van der Waals surface area contributed by atoms with Gasteiger partial charge in [-0.05, 0) is 45.9 Å². The van der Waals surface area contributed by atoms with Gasteiger partial charge in [-0.1, -0.05) is 12.1 Å². The highest BCUT2D eigenvalue weighted by molar-refractivity contribution is 9.10. The van der Waals surface area contributed by atoms with Gasteiger partial charge in [0, 0.05) is 6.20 Å². The van der Waals surface area contributed by atoms with Gasteiger partial charge < -0.3 is 0 Å². The fourth-order valence-electron chi connectivity index (χ4n) is 1.73. The highest BCUT2D eigenvalue weighted by Crippen LogP contribution is 2.29. The number of aryl methyl sites for hydroxylation is 1. The lowest BCUT2D eigenvalue weighted by Crippen LogP contribution is -1.88. The molecule has 16 heavy (non-hydrogen) atoms. The molecule has 0 spiro atoms. The van der Waals surface area contributed by atoms with E-state index in [2.05, 4.69) is 62.0 Å². The lowest BCUT2D eigenvalue weighted by Gasteiger charge is -1.99. The predicted octanol–water partition coefficient (Wildman–Crippen LogP) is 4.13. The maximum Gasteiger partial charge on any atom is 0.156 e. The molecule has 0 saturated carbocycles. The Bertz CT molecular complexity index is 640. The summed E-state index contributed by atoms with van der Waals surface area (Å²) in [7, 11) is 0. The highest BCUT2D eigenvalue weighted by atomic mass is 79.9. The molecule has 0 aliphatic carbocycles. The maximum atomic E-state index is 4.56. The fourth-order valence-corrected chi connectivity index (χ4v) is 2.94. The Hall–Kier alpha value is -1.13. The van der Waals surface area contributed by atoms with Crippen molar-refractivity contribution < 1.29 is 0 Å². The molecule has 0 aromatic carbocycles. The lowest BCUT2D eigenvalue weighted by molar-refractivity contribution is 1.15. The molecular weight excluding hydrogens is 284 g/mol. The summed E-state index contributed by atoms with van der Waals surface area (Å²) in [4.78, 5) is 5.75. The van der Waals surface area contributed by atoms with Crippen LogP contribution >= 0.6 is 27.3 Å². The van der Waals surface area contributed by atoms with Crippen molar-refractivity contribution in [2.24, 2.45) is 0 Å². The summed E-state index contributed by atoms with van der Waals surface area (Å²) in [5.74, 6) is 1.00. The minimum Gasteiger partial charge on any atom is -0.298 e. The summed E-state index contributed by atoms with van der Waals surface area (Å²) in [5.41, 5.74) is 2.34. The number of aromatic nitrogens is 2. The first-order valence-corrected chi connectivity index (χ1v) is 6.61. The molecule has 0 N–H and O–H groups in total. The number of fused-ring (bicyclic) bond motifs is 1. The van der Waals surface area contributed by atoms with Crippen molar-refractivity contribution in [3.05, 3.63) is 46.0 Å². The molecule has 0 saturated heterocycles. The summed E-state index contributed by atoms with van der Waals surface area (Å²) in [6.45, 7) is 2.09. The van der Waals surface area contributed by atoms with E-state index in [4.69, 9.17) is 0 Å². The van der Waals surface area contributed by atoms with Crippen LogP contribution in [0, 0.1) is 6.92 Å². The third-order valence-corrected chi connectivity index (χ3v) is 3.93. The Balaban J connectivity index is 2.37. The number of nitrogens with zero attached hydrogens (tertiary/aromatic N) is 2. The fraction of sp³-hybridized carbons (Fsp3) is 0.0833. The third-order valence-electron chi connectivity index (χ3n) is 2.48. The lowest BCUT2D eigenvalue weighted by atomic mass is 10.3. The van der Waals surface area contributed by atoms with Crippen LogP contribution in [0.3, 0.4) is 0 Å². The molecule has 0 amide bonds. The van der Waals surface area contributed by atoms with Crippen molar-refractivity contribution in [1.82, 2.24) is 9.38 Å². The summed E-state index contributed by atoms with van der Waals surface area (Å²) in [6, 6.07) is 8.32. The zero-order valence-electron chi connectivity index (χ0n) is 8.64. The predicted molar refractivity (Wildman–Crippen MR) is 70.9 cm³/mol. The molecule has 3 rings (SSSR count). The number of halogens is 1. The van der Waals surface area contributed by atoms with Gasteiger partial charge in [0.1, 0.15) is 4.60 Å². The molecular formula is C12H9BrN2S. The Labute approximate surface area is 106 Å². The molecule has 80 valence electrons. The Morgan fingerprint density at radius 1 is 1.31 bits per heavy atom. The number of hydrogen-bond acceptors (Lipinski definition) is 2. The molecule has 0 aliphatic heterocycles. The molecule has 0 aliphatic rings. The van der Waals surface area contributed by atoms with Crippen LogP contribution in [-0.2, 0) is 0 Å². The van der Waals surface area contributed by atoms with Crippen molar-refractivity contribution in [3.63, 3.8) is 0 Å². The van der Waals surface area contributed by atoms with E-state index in [1.54, 1.807) is 11.3 Å². The van der Waals surface area contributed by atoms with Crippen molar-refractivity contribution in [3.8, 4) is 10.7 Å². The molecule has 0 fully saturated rings. The second-order valence-corrected chi connectivity index (χ2v) is 5.36. The molecule has 3 aromatic heterocycles. The first-order chi connectivity index (χ1) is 7.75. The highest BCUT2D eigenvalue weighted by Gasteiger charge is 2.11. The Kier molecular flexibility index (Phi) is 2.33. The third kappa shape index (κ3) is 1.49. The van der Waals surface area contributed by atoms with Crippen LogP contribution in [-0.4, -0.2) is 9.38 Å². The maximum absolute atomic E-state index is 4.56. The largest absolute Gasteiger partial charge is 0.298 e. The van der Waals surface area contributed by atoms with Crippen molar-refractivity contribution in [2.45, 2.75) is 6.92 Å². The van der Waals surface area contributed by atoms with E-state index in [1.807, 2.05) is 6.07 Å². The minimum absolute atomic E-state index is 0.899. The summed E-state index contributed by atoms with van der Waals surface area (Å²) in [5, 5.41) is 2.07. The van der Waals surface area contributed by atoms with Gasteiger partial charge in [0.25, 0.3) is 0 Å². The molecule has 3 aromatic rings. The van der Waals surface area contributed by atoms with Gasteiger partial charge in [-0.3, -0.25) is 4.40 Å². The van der Waals surface area contributed by atoms with Gasteiger partial charge in [-0.2, -0.15) is 0 Å². The van der Waals surface area contributed by atoms with Gasteiger partial charge in [0.2, 0.25) is 0 Å². The summed E-state index contributed by atoms with van der Waals surface area (Å²) >= 11 is 5.21. The van der Waals surface area contributed by atoms with Crippen LogP contribution in [0.5, 0.6) is 0 Å². The summed E-state index contributed by atoms with van der Waals surface area (Å²) in [6.07, 6.45) is 2.11. The normalized spacial score (nSPS) is 11.1. The Morgan fingerprint density at radius 3 is 2.94 bits per heavy atom.